The van der Waals surface area contributed by atoms with E-state index in [1.807, 2.05) is 67.4 Å². The lowest BCUT2D eigenvalue weighted by Crippen LogP contribution is -2.55. The lowest BCUT2D eigenvalue weighted by Gasteiger charge is -2.47. The molecular weight excluding hydrogens is 745 g/mol. The minimum atomic E-state index is -1.21. The van der Waals surface area contributed by atoms with Crippen LogP contribution in [0.4, 0.5) is 4.79 Å². The quantitative estimate of drug-likeness (QED) is 0.0859. The van der Waals surface area contributed by atoms with Crippen LogP contribution in [-0.4, -0.2) is 85.6 Å². The van der Waals surface area contributed by atoms with E-state index in [-0.39, 0.29) is 29.7 Å². The Balaban J connectivity index is 1.08. The van der Waals surface area contributed by atoms with Gasteiger partial charge in [-0.2, -0.15) is 0 Å². The number of carbonyl (C=O) groups is 3. The summed E-state index contributed by atoms with van der Waals surface area (Å²) in [6.45, 7) is 11.7. The number of aromatic nitrogens is 4. The second kappa shape index (κ2) is 16.8. The van der Waals surface area contributed by atoms with Gasteiger partial charge in [-0.3, -0.25) is 9.59 Å². The number of ether oxygens (including phenoxy) is 1. The third-order valence-corrected chi connectivity index (χ3v) is 12.2. The molecule has 2 fully saturated rings. The number of nitrogens with zero attached hydrogens (tertiary/aromatic N) is 4. The molecule has 3 aromatic carbocycles. The first kappa shape index (κ1) is 41.4. The number of carboxylic acid groups (broad SMARTS) is 1. The molecule has 4 heterocycles. The average molecular weight is 801 g/mol. The SMILES string of the molecule is COC[C@@H]1CN(C(=O)[C@H](N)c2ccccc2)[C@](c2ncc(-c3ccc(-c4ccc(-c5cnc([C@@H]6CCCN6C(=O)[C@@H](NC(=O)O)C(C)C)[nH]5)cc4)cc3)[nH]2)(C(C)(C)C)C1. The Hall–Kier alpha value is -5.79. The number of benzene rings is 3. The zero-order chi connectivity index (χ0) is 42.1. The number of amides is 3. The molecule has 0 bridgehead atoms. The van der Waals surface area contributed by atoms with Gasteiger partial charge in [0.2, 0.25) is 11.8 Å². The Morgan fingerprint density at radius 1 is 0.898 bits per heavy atom. The predicted octanol–water partition coefficient (Wildman–Crippen LogP) is 7.53. The maximum atomic E-state index is 14.3. The molecule has 2 aliphatic heterocycles. The van der Waals surface area contributed by atoms with Gasteiger partial charge >= 0.3 is 6.09 Å². The second-order valence-corrected chi connectivity index (χ2v) is 17.3. The first-order valence-electron chi connectivity index (χ1n) is 20.4. The van der Waals surface area contributed by atoms with E-state index >= 15 is 0 Å². The number of likely N-dealkylation sites (tertiary alicyclic amines) is 2. The highest BCUT2D eigenvalue weighted by Gasteiger charge is 2.58. The molecule has 2 saturated heterocycles. The standard InChI is InChI=1S/C46H56N8O5/c1-28(2)39(52-44(57)58)42(56)53-22-10-13-37(53)40-48-24-35(50-40)32-18-14-30(15-19-32)31-16-20-33(21-17-31)36-25-49-43(51-36)46(45(3,4)5)23-29(27-59-6)26-54(46)41(55)38(47)34-11-8-7-9-12-34/h7-9,11-12,14-21,24-25,28-29,37-39,52H,10,13,22-23,26-27,47H2,1-6H3,(H,48,50)(H,49,51)(H,57,58)/t29-,37-,38+,39-,46+/m0/s1. The Bertz CT molecular complexity index is 2240. The Labute approximate surface area is 345 Å². The normalized spacial score (nSPS) is 20.5. The lowest BCUT2D eigenvalue weighted by atomic mass is 9.70. The van der Waals surface area contributed by atoms with Gasteiger partial charge in [-0.1, -0.05) is 113 Å². The number of hydrogen-bond donors (Lipinski definition) is 5. The Morgan fingerprint density at radius 2 is 1.49 bits per heavy atom. The number of nitrogens with two attached hydrogens (primary N) is 1. The molecule has 5 atom stereocenters. The highest BCUT2D eigenvalue weighted by molar-refractivity contribution is 5.86. The summed E-state index contributed by atoms with van der Waals surface area (Å²) in [6.07, 6.45) is 4.68. The molecule has 0 radical (unpaired) electrons. The van der Waals surface area contributed by atoms with Crippen molar-refractivity contribution < 1.29 is 24.2 Å². The zero-order valence-corrected chi connectivity index (χ0v) is 34.7. The highest BCUT2D eigenvalue weighted by atomic mass is 16.5. The molecule has 0 unspecified atom stereocenters. The van der Waals surface area contributed by atoms with Crippen LogP contribution in [0.15, 0.2) is 91.3 Å². The van der Waals surface area contributed by atoms with Crippen LogP contribution in [-0.2, 0) is 19.9 Å². The molecule has 310 valence electrons. The molecular formula is C46H56N8O5. The van der Waals surface area contributed by atoms with Crippen molar-refractivity contribution >= 4 is 17.9 Å². The number of imidazole rings is 2. The molecule has 0 spiro atoms. The molecule has 6 N–H and O–H groups in total. The van der Waals surface area contributed by atoms with Crippen LogP contribution < -0.4 is 11.1 Å². The van der Waals surface area contributed by atoms with Crippen LogP contribution in [0.1, 0.15) is 83.2 Å². The van der Waals surface area contributed by atoms with Crippen molar-refractivity contribution in [1.29, 1.82) is 0 Å². The fourth-order valence-corrected chi connectivity index (χ4v) is 9.05. The third kappa shape index (κ3) is 8.13. The fourth-order valence-electron chi connectivity index (χ4n) is 9.05. The Morgan fingerprint density at radius 3 is 2.07 bits per heavy atom. The van der Waals surface area contributed by atoms with E-state index in [0.29, 0.717) is 31.9 Å². The van der Waals surface area contributed by atoms with Gasteiger partial charge in [0.1, 0.15) is 29.3 Å². The minimum Gasteiger partial charge on any atom is -0.465 e. The number of rotatable bonds is 12. The molecule has 0 saturated carbocycles. The summed E-state index contributed by atoms with van der Waals surface area (Å²) in [7, 11) is 1.70. The van der Waals surface area contributed by atoms with E-state index in [9.17, 15) is 19.5 Å². The van der Waals surface area contributed by atoms with Gasteiger partial charge < -0.3 is 40.7 Å². The number of hydrogen-bond acceptors (Lipinski definition) is 7. The van der Waals surface area contributed by atoms with Crippen LogP contribution in [0.2, 0.25) is 0 Å². The second-order valence-electron chi connectivity index (χ2n) is 17.3. The summed E-state index contributed by atoms with van der Waals surface area (Å²) >= 11 is 0. The summed E-state index contributed by atoms with van der Waals surface area (Å²) in [6, 6.07) is 24.2. The van der Waals surface area contributed by atoms with Crippen LogP contribution in [0.5, 0.6) is 0 Å². The van der Waals surface area contributed by atoms with Crippen molar-refractivity contribution in [3.05, 3.63) is 108 Å². The highest BCUT2D eigenvalue weighted by Crippen LogP contribution is 2.53. The van der Waals surface area contributed by atoms with E-state index in [0.717, 1.165) is 57.9 Å². The summed E-state index contributed by atoms with van der Waals surface area (Å²) in [5.74, 6) is 0.986. The first-order valence-corrected chi connectivity index (χ1v) is 20.4. The number of carbonyl (C=O) groups excluding carboxylic acids is 2. The van der Waals surface area contributed by atoms with Crippen LogP contribution in [0.25, 0.3) is 33.6 Å². The van der Waals surface area contributed by atoms with Crippen LogP contribution in [0.3, 0.4) is 0 Å². The summed E-state index contributed by atoms with van der Waals surface area (Å²) in [5.41, 5.74) is 12.0. The zero-order valence-electron chi connectivity index (χ0n) is 34.7. The Kier molecular flexibility index (Phi) is 11.8. The van der Waals surface area contributed by atoms with E-state index in [2.05, 4.69) is 77.4 Å². The fraction of sp³-hybridized carbons (Fsp3) is 0.413. The van der Waals surface area contributed by atoms with Gasteiger partial charge in [0.05, 0.1) is 36.4 Å². The number of nitrogens with one attached hydrogen (secondary N) is 3. The van der Waals surface area contributed by atoms with Crippen molar-refractivity contribution in [2.75, 3.05) is 26.8 Å². The van der Waals surface area contributed by atoms with Crippen LogP contribution in [0, 0.1) is 17.3 Å². The average Bonchev–Trinajstić information content (AvgIpc) is 4.06. The molecule has 13 nitrogen and oxygen atoms in total. The van der Waals surface area contributed by atoms with Crippen molar-refractivity contribution in [3.8, 4) is 33.6 Å². The van der Waals surface area contributed by atoms with Crippen molar-refractivity contribution in [2.24, 2.45) is 23.0 Å². The molecule has 59 heavy (non-hydrogen) atoms. The van der Waals surface area contributed by atoms with Gasteiger partial charge in [0.15, 0.2) is 0 Å². The largest absolute Gasteiger partial charge is 0.465 e. The van der Waals surface area contributed by atoms with E-state index in [4.69, 9.17) is 15.5 Å². The van der Waals surface area contributed by atoms with Crippen molar-refractivity contribution in [2.45, 2.75) is 77.5 Å². The third-order valence-electron chi connectivity index (χ3n) is 12.2. The number of H-pyrrole nitrogens is 2. The molecule has 2 aromatic heterocycles. The number of methoxy groups -OCH3 is 1. The molecule has 5 aromatic rings. The van der Waals surface area contributed by atoms with Gasteiger partial charge in [0.25, 0.3) is 0 Å². The van der Waals surface area contributed by atoms with E-state index < -0.39 is 29.1 Å². The molecule has 3 amide bonds. The van der Waals surface area contributed by atoms with Gasteiger partial charge in [-0.05, 0) is 58.4 Å². The van der Waals surface area contributed by atoms with Crippen molar-refractivity contribution in [1.82, 2.24) is 35.1 Å². The lowest BCUT2D eigenvalue weighted by molar-refractivity contribution is -0.142. The monoisotopic (exact) mass is 800 g/mol. The molecule has 7 rings (SSSR count). The summed E-state index contributed by atoms with van der Waals surface area (Å²) in [4.78, 5) is 59.5. The van der Waals surface area contributed by atoms with Crippen molar-refractivity contribution in [3.63, 3.8) is 0 Å². The molecule has 0 aliphatic carbocycles. The maximum Gasteiger partial charge on any atom is 0.405 e. The summed E-state index contributed by atoms with van der Waals surface area (Å²) < 4.78 is 5.61. The van der Waals surface area contributed by atoms with Gasteiger partial charge in [0, 0.05) is 26.1 Å². The minimum absolute atomic E-state index is 0.112. The van der Waals surface area contributed by atoms with Crippen LogP contribution >= 0.6 is 0 Å². The topological polar surface area (TPSA) is 183 Å². The molecule has 13 heteroatoms. The van der Waals surface area contributed by atoms with Gasteiger partial charge in [-0.25, -0.2) is 14.8 Å². The number of aromatic amines is 2. The van der Waals surface area contributed by atoms with E-state index in [1.54, 1.807) is 18.2 Å². The van der Waals surface area contributed by atoms with E-state index in [1.165, 1.54) is 0 Å². The molecule has 2 aliphatic rings. The maximum absolute atomic E-state index is 14.3. The van der Waals surface area contributed by atoms with Gasteiger partial charge in [-0.15, -0.1) is 0 Å². The smallest absolute Gasteiger partial charge is 0.405 e. The first-order chi connectivity index (χ1) is 28.2. The summed E-state index contributed by atoms with van der Waals surface area (Å²) in [5, 5.41) is 11.7. The predicted molar refractivity (Wildman–Crippen MR) is 227 cm³/mol.